The molecular weight excluding hydrogens is 159 g/mol. The van der Waals surface area contributed by atoms with Gasteiger partial charge in [-0.15, -0.1) is 12.4 Å². The molecule has 0 radical (unpaired) electrons. The number of halogens is 2. The van der Waals surface area contributed by atoms with E-state index in [0.29, 0.717) is 5.16 Å². The number of hydrogen-bond donors (Lipinski definition) is 1. The first-order valence-corrected chi connectivity index (χ1v) is 2.60. The normalized spacial score (nSPS) is 9.89. The third-order valence-electron chi connectivity index (χ3n) is 0.648. The lowest BCUT2D eigenvalue weighted by molar-refractivity contribution is 0.548. The van der Waals surface area contributed by atoms with Gasteiger partial charge in [0.25, 0.3) is 0 Å². The minimum Gasteiger partial charge on any atom is -0.368 e. The predicted molar refractivity (Wildman–Crippen MR) is 43.7 cm³/mol. The molecule has 0 saturated carbocycles. The Balaban J connectivity index is 0. The second kappa shape index (κ2) is 5.92. The third-order valence-corrected chi connectivity index (χ3v) is 1.11. The van der Waals surface area contributed by atoms with Crippen LogP contribution in [0.25, 0.3) is 0 Å². The highest BCUT2D eigenvalue weighted by molar-refractivity contribution is 6.30. The van der Waals surface area contributed by atoms with Crippen LogP contribution >= 0.6 is 24.0 Å². The second-order valence-electron chi connectivity index (χ2n) is 1.55. The van der Waals surface area contributed by atoms with Gasteiger partial charge in [0.2, 0.25) is 0 Å². The molecular formula is C5H10Cl2N2. The standard InChI is InChI=1S/C5H9ClN2.ClH/c1-8(2)5(6)3-4-7;/h3-4,7H,1-2H3;1H. The molecule has 0 aliphatic heterocycles. The fourth-order valence-electron chi connectivity index (χ4n) is 0.218. The molecule has 2 nitrogen and oxygen atoms in total. The van der Waals surface area contributed by atoms with Crippen LogP contribution in [-0.2, 0) is 0 Å². The lowest BCUT2D eigenvalue weighted by Gasteiger charge is -2.07. The summed E-state index contributed by atoms with van der Waals surface area (Å²) in [4.78, 5) is 1.73. The van der Waals surface area contributed by atoms with Crippen molar-refractivity contribution in [2.45, 2.75) is 0 Å². The molecule has 9 heavy (non-hydrogen) atoms. The van der Waals surface area contributed by atoms with Crippen molar-refractivity contribution in [1.29, 1.82) is 5.41 Å². The van der Waals surface area contributed by atoms with Crippen LogP contribution in [0, 0.1) is 5.41 Å². The van der Waals surface area contributed by atoms with Crippen molar-refractivity contribution >= 4 is 30.2 Å². The first-order chi connectivity index (χ1) is 3.68. The quantitative estimate of drug-likeness (QED) is 0.494. The minimum atomic E-state index is 0. The molecule has 0 bridgehead atoms. The smallest absolute Gasteiger partial charge is 0.105 e. The molecule has 0 aliphatic carbocycles. The highest BCUT2D eigenvalue weighted by Gasteiger charge is 1.88. The molecule has 0 amide bonds. The lowest BCUT2D eigenvalue weighted by atomic mass is 10.6. The van der Waals surface area contributed by atoms with Gasteiger partial charge in [0.05, 0.1) is 0 Å². The van der Waals surface area contributed by atoms with E-state index in [1.165, 1.54) is 6.08 Å². The Morgan fingerprint density at radius 1 is 1.56 bits per heavy atom. The number of nitrogens with one attached hydrogen (secondary N) is 1. The van der Waals surface area contributed by atoms with E-state index in [4.69, 9.17) is 17.0 Å². The molecule has 0 aliphatic rings. The number of hydrogen-bond acceptors (Lipinski definition) is 2. The van der Waals surface area contributed by atoms with Crippen LogP contribution in [-0.4, -0.2) is 25.2 Å². The van der Waals surface area contributed by atoms with Gasteiger partial charge in [-0.05, 0) is 6.08 Å². The fourth-order valence-corrected chi connectivity index (χ4v) is 0.281. The predicted octanol–water partition coefficient (Wildman–Crippen LogP) is 1.70. The molecule has 0 aromatic carbocycles. The van der Waals surface area contributed by atoms with Gasteiger partial charge in [-0.2, -0.15) is 0 Å². The highest BCUT2D eigenvalue weighted by atomic mass is 35.5. The van der Waals surface area contributed by atoms with Gasteiger partial charge < -0.3 is 10.3 Å². The summed E-state index contributed by atoms with van der Waals surface area (Å²) in [7, 11) is 3.64. The largest absolute Gasteiger partial charge is 0.368 e. The van der Waals surface area contributed by atoms with Crippen LogP contribution in [0.4, 0.5) is 0 Å². The molecule has 0 aromatic heterocycles. The van der Waals surface area contributed by atoms with Crippen LogP contribution in [0.15, 0.2) is 11.2 Å². The number of nitrogens with zero attached hydrogens (tertiary/aromatic N) is 1. The topological polar surface area (TPSA) is 27.1 Å². The zero-order chi connectivity index (χ0) is 6.57. The van der Waals surface area contributed by atoms with E-state index in [9.17, 15) is 0 Å². The van der Waals surface area contributed by atoms with E-state index in [2.05, 4.69) is 0 Å². The van der Waals surface area contributed by atoms with Gasteiger partial charge in [-0.3, -0.25) is 0 Å². The van der Waals surface area contributed by atoms with Crippen molar-refractivity contribution in [1.82, 2.24) is 4.90 Å². The van der Waals surface area contributed by atoms with Gasteiger partial charge in [0, 0.05) is 20.3 Å². The van der Waals surface area contributed by atoms with E-state index in [1.54, 1.807) is 4.90 Å². The van der Waals surface area contributed by atoms with Crippen molar-refractivity contribution in [2.24, 2.45) is 0 Å². The summed E-state index contributed by atoms with van der Waals surface area (Å²) in [6, 6.07) is 0. The van der Waals surface area contributed by atoms with Crippen molar-refractivity contribution in [2.75, 3.05) is 14.1 Å². The zero-order valence-electron chi connectivity index (χ0n) is 5.39. The van der Waals surface area contributed by atoms with Crippen LogP contribution in [0.3, 0.4) is 0 Å². The summed E-state index contributed by atoms with van der Waals surface area (Å²) < 4.78 is 0. The first kappa shape index (κ1) is 11.6. The van der Waals surface area contributed by atoms with Crippen LogP contribution < -0.4 is 0 Å². The average Bonchev–Trinajstić information content (AvgIpc) is 1.67. The highest BCUT2D eigenvalue weighted by Crippen LogP contribution is 2.00. The molecule has 0 aromatic rings. The van der Waals surface area contributed by atoms with Crippen molar-refractivity contribution in [3.63, 3.8) is 0 Å². The SMILES string of the molecule is CN(C)C(Cl)=CC=N.Cl. The maximum absolute atomic E-state index is 6.61. The molecule has 4 heteroatoms. The summed E-state index contributed by atoms with van der Waals surface area (Å²) in [5.74, 6) is 0. The molecule has 0 rings (SSSR count). The Morgan fingerprint density at radius 2 is 2.00 bits per heavy atom. The molecule has 0 heterocycles. The number of allylic oxidation sites excluding steroid dienone is 1. The summed E-state index contributed by atoms with van der Waals surface area (Å²) in [6.45, 7) is 0. The third kappa shape index (κ3) is 5.66. The fraction of sp³-hybridized carbons (Fsp3) is 0.400. The Bertz CT molecular complexity index is 110. The number of rotatable bonds is 2. The summed E-state index contributed by atoms with van der Waals surface area (Å²) in [6.07, 6.45) is 2.67. The second-order valence-corrected chi connectivity index (χ2v) is 1.94. The summed E-state index contributed by atoms with van der Waals surface area (Å²) >= 11 is 5.55. The first-order valence-electron chi connectivity index (χ1n) is 2.22. The molecule has 0 atom stereocenters. The maximum atomic E-state index is 6.61. The maximum Gasteiger partial charge on any atom is 0.105 e. The minimum absolute atomic E-state index is 0. The molecule has 0 spiro atoms. The van der Waals surface area contributed by atoms with Crippen molar-refractivity contribution < 1.29 is 0 Å². The van der Waals surface area contributed by atoms with E-state index in [-0.39, 0.29) is 12.4 Å². The van der Waals surface area contributed by atoms with Gasteiger partial charge in [-0.25, -0.2) is 0 Å². The van der Waals surface area contributed by atoms with Crippen LogP contribution in [0.2, 0.25) is 0 Å². The summed E-state index contributed by atoms with van der Waals surface area (Å²) in [5, 5.41) is 7.18. The Labute approximate surface area is 66.4 Å². The van der Waals surface area contributed by atoms with Crippen molar-refractivity contribution in [3.8, 4) is 0 Å². The Hall–Kier alpha value is -0.210. The monoisotopic (exact) mass is 168 g/mol. The average molecular weight is 169 g/mol. The zero-order valence-corrected chi connectivity index (χ0v) is 6.96. The Kier molecular flexibility index (Phi) is 7.61. The lowest BCUT2D eigenvalue weighted by Crippen LogP contribution is -2.05. The van der Waals surface area contributed by atoms with Gasteiger partial charge >= 0.3 is 0 Å². The van der Waals surface area contributed by atoms with Crippen LogP contribution in [0.1, 0.15) is 0 Å². The molecule has 1 N–H and O–H groups in total. The van der Waals surface area contributed by atoms with Gasteiger partial charge in [0.1, 0.15) is 5.16 Å². The van der Waals surface area contributed by atoms with Gasteiger partial charge in [-0.1, -0.05) is 11.6 Å². The molecule has 0 fully saturated rings. The molecule has 54 valence electrons. The molecule has 0 saturated heterocycles. The van der Waals surface area contributed by atoms with E-state index in [0.717, 1.165) is 6.21 Å². The summed E-state index contributed by atoms with van der Waals surface area (Å²) in [5.41, 5.74) is 0. The van der Waals surface area contributed by atoms with E-state index in [1.807, 2.05) is 14.1 Å². The molecule has 0 unspecified atom stereocenters. The van der Waals surface area contributed by atoms with Crippen LogP contribution in [0.5, 0.6) is 0 Å². The van der Waals surface area contributed by atoms with E-state index < -0.39 is 0 Å². The van der Waals surface area contributed by atoms with Gasteiger partial charge in [0.15, 0.2) is 0 Å². The van der Waals surface area contributed by atoms with Crippen molar-refractivity contribution in [3.05, 3.63) is 11.2 Å². The van der Waals surface area contributed by atoms with E-state index >= 15 is 0 Å². The Morgan fingerprint density at radius 3 is 2.11 bits per heavy atom.